The SMILES string of the molecule is CC(=O)OC1=COBNC1OC(C)=O. The Balaban J connectivity index is 2.62. The Labute approximate surface area is 81.5 Å². The summed E-state index contributed by atoms with van der Waals surface area (Å²) < 4.78 is 14.4. The van der Waals surface area contributed by atoms with Crippen LogP contribution in [0.25, 0.3) is 0 Å². The molecule has 1 atom stereocenters. The first-order valence-corrected chi connectivity index (χ1v) is 4.00. The largest absolute Gasteiger partial charge is 0.551 e. The number of rotatable bonds is 2. The Bertz CT molecular complexity index is 277. The number of carbonyl (C=O) groups excluding carboxylic acids is 2. The number of hydrogen-bond acceptors (Lipinski definition) is 6. The lowest BCUT2D eigenvalue weighted by atomic mass is 10.2. The van der Waals surface area contributed by atoms with Crippen molar-refractivity contribution in [2.75, 3.05) is 0 Å². The molecule has 1 N–H and O–H groups in total. The Hall–Kier alpha value is -1.50. The fourth-order valence-corrected chi connectivity index (χ4v) is 0.919. The van der Waals surface area contributed by atoms with Gasteiger partial charge in [0.05, 0.1) is 0 Å². The van der Waals surface area contributed by atoms with Gasteiger partial charge in [-0.05, 0) is 0 Å². The highest BCUT2D eigenvalue weighted by molar-refractivity contribution is 6.24. The van der Waals surface area contributed by atoms with Gasteiger partial charge in [0.15, 0.2) is 5.76 Å². The summed E-state index contributed by atoms with van der Waals surface area (Å²) in [5.74, 6) is -0.831. The number of ether oxygens (including phenoxy) is 2. The molecule has 76 valence electrons. The zero-order valence-electron chi connectivity index (χ0n) is 7.90. The van der Waals surface area contributed by atoms with Gasteiger partial charge in [-0.3, -0.25) is 14.8 Å². The van der Waals surface area contributed by atoms with E-state index in [-0.39, 0.29) is 13.4 Å². The van der Waals surface area contributed by atoms with Gasteiger partial charge in [0.1, 0.15) is 6.26 Å². The smallest absolute Gasteiger partial charge is 0.430 e. The maximum atomic E-state index is 10.7. The van der Waals surface area contributed by atoms with Gasteiger partial charge in [-0.15, -0.1) is 0 Å². The van der Waals surface area contributed by atoms with E-state index in [0.29, 0.717) is 0 Å². The summed E-state index contributed by atoms with van der Waals surface area (Å²) in [4.78, 5) is 21.3. The van der Waals surface area contributed by atoms with Crippen LogP contribution in [-0.4, -0.2) is 25.8 Å². The Morgan fingerprint density at radius 1 is 1.50 bits per heavy atom. The van der Waals surface area contributed by atoms with Crippen molar-refractivity contribution < 1.29 is 23.7 Å². The molecule has 0 aromatic carbocycles. The number of carbonyl (C=O) groups is 2. The molecule has 1 heterocycles. The van der Waals surface area contributed by atoms with Gasteiger partial charge >= 0.3 is 19.6 Å². The van der Waals surface area contributed by atoms with Crippen LogP contribution in [0.15, 0.2) is 12.0 Å². The Morgan fingerprint density at radius 2 is 2.21 bits per heavy atom. The summed E-state index contributed by atoms with van der Waals surface area (Å²) in [5, 5.41) is 2.70. The van der Waals surface area contributed by atoms with Gasteiger partial charge in [-0.25, -0.2) is 0 Å². The fraction of sp³-hybridized carbons (Fsp3) is 0.429. The molecular formula is C7H10BNO5. The van der Waals surface area contributed by atoms with Crippen LogP contribution >= 0.6 is 0 Å². The maximum absolute atomic E-state index is 10.7. The minimum atomic E-state index is -0.759. The third kappa shape index (κ3) is 3.10. The topological polar surface area (TPSA) is 73.9 Å². The lowest BCUT2D eigenvalue weighted by Gasteiger charge is -2.23. The lowest BCUT2D eigenvalue weighted by Crippen LogP contribution is -2.42. The summed E-state index contributed by atoms with van der Waals surface area (Å²) in [6.45, 7) is 2.52. The van der Waals surface area contributed by atoms with Crippen LogP contribution in [0, 0.1) is 0 Å². The molecular weight excluding hydrogens is 189 g/mol. The summed E-state index contributed by atoms with van der Waals surface area (Å²) in [5.41, 5.74) is 0. The molecule has 14 heavy (non-hydrogen) atoms. The minimum Gasteiger partial charge on any atom is -0.551 e. The molecule has 0 spiro atoms. The van der Waals surface area contributed by atoms with Gasteiger partial charge < -0.3 is 14.1 Å². The van der Waals surface area contributed by atoms with Crippen LogP contribution in [0.5, 0.6) is 0 Å². The van der Waals surface area contributed by atoms with Gasteiger partial charge in [-0.2, -0.15) is 0 Å². The first-order chi connectivity index (χ1) is 6.59. The average Bonchev–Trinajstić information content (AvgIpc) is 2.06. The number of hydrogen-bond donors (Lipinski definition) is 1. The van der Waals surface area contributed by atoms with E-state index in [0.717, 1.165) is 0 Å². The predicted molar refractivity (Wildman–Crippen MR) is 46.8 cm³/mol. The normalized spacial score (nSPS) is 19.9. The average molecular weight is 199 g/mol. The lowest BCUT2D eigenvalue weighted by molar-refractivity contribution is -0.151. The molecule has 0 fully saturated rings. The maximum Gasteiger partial charge on any atom is 0.430 e. The molecule has 0 aliphatic carbocycles. The Morgan fingerprint density at radius 3 is 2.79 bits per heavy atom. The van der Waals surface area contributed by atoms with E-state index in [1.165, 1.54) is 20.1 Å². The molecule has 1 aliphatic heterocycles. The summed E-state index contributed by atoms with van der Waals surface area (Å²) in [6.07, 6.45) is 0.482. The summed E-state index contributed by atoms with van der Waals surface area (Å²) >= 11 is 0. The van der Waals surface area contributed by atoms with Crippen molar-refractivity contribution in [2.24, 2.45) is 0 Å². The fourth-order valence-electron chi connectivity index (χ4n) is 0.919. The molecule has 0 saturated carbocycles. The third-order valence-corrected chi connectivity index (χ3v) is 1.36. The van der Waals surface area contributed by atoms with Gasteiger partial charge in [-0.1, -0.05) is 0 Å². The second-order valence-corrected chi connectivity index (χ2v) is 2.62. The van der Waals surface area contributed by atoms with Crippen molar-refractivity contribution in [2.45, 2.75) is 20.1 Å². The molecule has 7 heteroatoms. The number of esters is 2. The van der Waals surface area contributed by atoms with Crippen molar-refractivity contribution in [1.29, 1.82) is 0 Å². The zero-order chi connectivity index (χ0) is 10.6. The number of nitrogens with one attached hydrogen (secondary N) is 1. The quantitative estimate of drug-likeness (QED) is 0.462. The van der Waals surface area contributed by atoms with Crippen LogP contribution < -0.4 is 5.23 Å². The first-order valence-electron chi connectivity index (χ1n) is 4.00. The van der Waals surface area contributed by atoms with Crippen LogP contribution in [0.3, 0.4) is 0 Å². The highest BCUT2D eigenvalue weighted by atomic mass is 16.6. The van der Waals surface area contributed by atoms with E-state index < -0.39 is 18.2 Å². The third-order valence-electron chi connectivity index (χ3n) is 1.36. The van der Waals surface area contributed by atoms with Crippen LogP contribution in [0.1, 0.15) is 13.8 Å². The van der Waals surface area contributed by atoms with Crippen molar-refractivity contribution in [3.63, 3.8) is 0 Å². The summed E-state index contributed by atoms with van der Waals surface area (Å²) in [6, 6.07) is 0. The van der Waals surface area contributed by atoms with E-state index in [4.69, 9.17) is 14.1 Å². The van der Waals surface area contributed by atoms with E-state index in [1.807, 2.05) is 0 Å². The van der Waals surface area contributed by atoms with E-state index in [9.17, 15) is 9.59 Å². The van der Waals surface area contributed by atoms with Gasteiger partial charge in [0.2, 0.25) is 6.23 Å². The molecule has 6 nitrogen and oxygen atoms in total. The van der Waals surface area contributed by atoms with Crippen LogP contribution in [0.2, 0.25) is 0 Å². The van der Waals surface area contributed by atoms with Gasteiger partial charge in [0.25, 0.3) is 0 Å². The molecule has 1 rings (SSSR count). The molecule has 0 saturated heterocycles. The molecule has 0 amide bonds. The Kier molecular flexibility index (Phi) is 3.52. The highest BCUT2D eigenvalue weighted by Gasteiger charge is 2.24. The monoisotopic (exact) mass is 199 g/mol. The second kappa shape index (κ2) is 4.66. The molecule has 0 radical (unpaired) electrons. The van der Waals surface area contributed by atoms with E-state index in [2.05, 4.69) is 5.23 Å². The molecule has 0 aromatic rings. The van der Waals surface area contributed by atoms with Crippen molar-refractivity contribution >= 4 is 19.6 Å². The van der Waals surface area contributed by atoms with Crippen molar-refractivity contribution in [3.8, 4) is 0 Å². The minimum absolute atomic E-state index is 0.138. The van der Waals surface area contributed by atoms with Gasteiger partial charge in [0, 0.05) is 13.8 Å². The predicted octanol–water partition coefficient (Wildman–Crippen LogP) is -0.834. The van der Waals surface area contributed by atoms with E-state index in [1.54, 1.807) is 0 Å². The van der Waals surface area contributed by atoms with Crippen LogP contribution in [0.4, 0.5) is 0 Å². The summed E-state index contributed by atoms with van der Waals surface area (Å²) in [7, 11) is 0.197. The highest BCUT2D eigenvalue weighted by Crippen LogP contribution is 2.10. The van der Waals surface area contributed by atoms with Crippen molar-refractivity contribution in [1.82, 2.24) is 5.23 Å². The zero-order valence-corrected chi connectivity index (χ0v) is 7.90. The van der Waals surface area contributed by atoms with Crippen molar-refractivity contribution in [3.05, 3.63) is 12.0 Å². The van der Waals surface area contributed by atoms with E-state index >= 15 is 0 Å². The molecule has 1 unspecified atom stereocenters. The molecule has 0 aromatic heterocycles. The first kappa shape index (κ1) is 10.6. The molecule has 0 bridgehead atoms. The second-order valence-electron chi connectivity index (χ2n) is 2.62. The standard InChI is InChI=1S/C7H10BNO5/c1-4(10)13-6-3-12-8-9-7(6)14-5(2)11/h3,7-9H,1-2H3. The molecule has 1 aliphatic rings. The van der Waals surface area contributed by atoms with Crippen LogP contribution in [-0.2, 0) is 23.7 Å².